The Hall–Kier alpha value is -2.28. The highest BCUT2D eigenvalue weighted by atomic mass is 14.7. The summed E-state index contributed by atoms with van der Waals surface area (Å²) in [5, 5.41) is 0. The van der Waals surface area contributed by atoms with Crippen molar-refractivity contribution in [1.82, 2.24) is 4.98 Å². The number of aryl methyl sites for hydroxylation is 2. The van der Waals surface area contributed by atoms with E-state index in [-0.39, 0.29) is 0 Å². The van der Waals surface area contributed by atoms with E-state index in [1.165, 1.54) is 33.6 Å². The molecule has 0 saturated carbocycles. The van der Waals surface area contributed by atoms with Crippen LogP contribution in [0.1, 0.15) is 11.1 Å². The number of nitrogens with one attached hydrogen (secondary N) is 1. The molecule has 0 radical (unpaired) electrons. The van der Waals surface area contributed by atoms with Crippen molar-refractivity contribution in [3.8, 4) is 22.5 Å². The van der Waals surface area contributed by atoms with E-state index < -0.39 is 0 Å². The largest absolute Gasteiger partial charge is 0.355 e. The second-order valence-electron chi connectivity index (χ2n) is 5.02. The average molecular weight is 247 g/mol. The molecule has 0 aliphatic heterocycles. The molecule has 1 heteroatoms. The number of aromatic nitrogens is 1. The summed E-state index contributed by atoms with van der Waals surface area (Å²) < 4.78 is 0. The Bertz CT molecular complexity index is 647. The molecule has 19 heavy (non-hydrogen) atoms. The van der Waals surface area contributed by atoms with Crippen LogP contribution in [0.5, 0.6) is 0 Å². The summed E-state index contributed by atoms with van der Waals surface area (Å²) in [6, 6.07) is 21.4. The van der Waals surface area contributed by atoms with Gasteiger partial charge in [0.15, 0.2) is 0 Å². The van der Waals surface area contributed by atoms with Gasteiger partial charge in [-0.3, -0.25) is 0 Å². The van der Waals surface area contributed by atoms with E-state index in [9.17, 15) is 0 Å². The predicted octanol–water partition coefficient (Wildman–Crippen LogP) is 4.97. The summed E-state index contributed by atoms with van der Waals surface area (Å²) in [5.41, 5.74) is 7.37. The summed E-state index contributed by atoms with van der Waals surface area (Å²) in [5.74, 6) is 0. The second-order valence-corrected chi connectivity index (χ2v) is 5.02. The Morgan fingerprint density at radius 2 is 1.11 bits per heavy atom. The Morgan fingerprint density at radius 3 is 1.53 bits per heavy atom. The van der Waals surface area contributed by atoms with E-state index in [4.69, 9.17) is 0 Å². The minimum Gasteiger partial charge on any atom is -0.355 e. The van der Waals surface area contributed by atoms with Crippen LogP contribution in [0.2, 0.25) is 0 Å². The van der Waals surface area contributed by atoms with Crippen LogP contribution in [0.4, 0.5) is 0 Å². The second kappa shape index (κ2) is 4.77. The van der Waals surface area contributed by atoms with Gasteiger partial charge in [-0.1, -0.05) is 47.5 Å². The van der Waals surface area contributed by atoms with E-state index >= 15 is 0 Å². The number of hydrogen-bond acceptors (Lipinski definition) is 0. The number of H-pyrrole nitrogens is 1. The van der Waals surface area contributed by atoms with Crippen LogP contribution >= 0.6 is 0 Å². The minimum absolute atomic E-state index is 1.17. The lowest BCUT2D eigenvalue weighted by molar-refractivity contribution is 1.37. The van der Waals surface area contributed by atoms with Crippen molar-refractivity contribution in [1.29, 1.82) is 0 Å². The van der Waals surface area contributed by atoms with Gasteiger partial charge in [-0.15, -0.1) is 0 Å². The van der Waals surface area contributed by atoms with Crippen LogP contribution < -0.4 is 0 Å². The van der Waals surface area contributed by atoms with Crippen LogP contribution in [-0.2, 0) is 0 Å². The molecule has 0 aliphatic rings. The maximum atomic E-state index is 3.50. The van der Waals surface area contributed by atoms with E-state index in [1.54, 1.807) is 0 Å². The van der Waals surface area contributed by atoms with Crippen LogP contribution in [0.15, 0.2) is 60.7 Å². The molecule has 0 fully saturated rings. The van der Waals surface area contributed by atoms with E-state index in [2.05, 4.69) is 79.5 Å². The first-order valence-electron chi connectivity index (χ1n) is 6.55. The topological polar surface area (TPSA) is 15.8 Å². The molecular formula is C18H17N. The highest BCUT2D eigenvalue weighted by Crippen LogP contribution is 2.25. The zero-order chi connectivity index (χ0) is 13.2. The van der Waals surface area contributed by atoms with Crippen LogP contribution in [0, 0.1) is 13.8 Å². The molecule has 1 N–H and O–H groups in total. The standard InChI is InChI=1S/C18H17N/c1-13-5-3-7-15(11-13)17-9-10-18(19-17)16-8-4-6-14(2)12-16/h3-12,19H,1-2H3. The Balaban J connectivity index is 2.00. The lowest BCUT2D eigenvalue weighted by Crippen LogP contribution is -1.81. The molecule has 3 rings (SSSR count). The zero-order valence-electron chi connectivity index (χ0n) is 11.3. The first-order valence-corrected chi connectivity index (χ1v) is 6.55. The molecule has 3 aromatic rings. The lowest BCUT2D eigenvalue weighted by Gasteiger charge is -2.02. The van der Waals surface area contributed by atoms with Crippen molar-refractivity contribution in [2.45, 2.75) is 13.8 Å². The average Bonchev–Trinajstić information content (AvgIpc) is 2.88. The molecule has 0 bridgehead atoms. The van der Waals surface area contributed by atoms with E-state index in [0.29, 0.717) is 0 Å². The smallest absolute Gasteiger partial charge is 0.0458 e. The van der Waals surface area contributed by atoms with Gasteiger partial charge < -0.3 is 4.98 Å². The van der Waals surface area contributed by atoms with E-state index in [1.807, 2.05) is 0 Å². The fourth-order valence-electron chi connectivity index (χ4n) is 2.36. The molecule has 1 heterocycles. The predicted molar refractivity (Wildman–Crippen MR) is 81.1 cm³/mol. The zero-order valence-corrected chi connectivity index (χ0v) is 11.3. The SMILES string of the molecule is Cc1cccc(-c2ccc(-c3cccc(C)c3)[nH]2)c1. The van der Waals surface area contributed by atoms with Gasteiger partial charge in [-0.2, -0.15) is 0 Å². The molecule has 0 saturated heterocycles. The fourth-order valence-corrected chi connectivity index (χ4v) is 2.36. The molecule has 0 unspecified atom stereocenters. The maximum Gasteiger partial charge on any atom is 0.0458 e. The molecule has 1 nitrogen and oxygen atoms in total. The first-order chi connectivity index (χ1) is 9.22. The third-order valence-corrected chi connectivity index (χ3v) is 3.34. The van der Waals surface area contributed by atoms with Gasteiger partial charge in [0, 0.05) is 11.4 Å². The summed E-state index contributed by atoms with van der Waals surface area (Å²) >= 11 is 0. The summed E-state index contributed by atoms with van der Waals surface area (Å²) in [6.07, 6.45) is 0. The molecule has 1 aromatic heterocycles. The summed E-state index contributed by atoms with van der Waals surface area (Å²) in [4.78, 5) is 3.50. The Labute approximate surface area is 113 Å². The Morgan fingerprint density at radius 1 is 0.632 bits per heavy atom. The minimum atomic E-state index is 1.17. The van der Waals surface area contributed by atoms with Crippen molar-refractivity contribution in [3.05, 3.63) is 71.8 Å². The number of benzene rings is 2. The van der Waals surface area contributed by atoms with Crippen LogP contribution in [0.3, 0.4) is 0 Å². The van der Waals surface area contributed by atoms with Crippen LogP contribution in [0.25, 0.3) is 22.5 Å². The third-order valence-electron chi connectivity index (χ3n) is 3.34. The molecular weight excluding hydrogens is 230 g/mol. The molecule has 0 spiro atoms. The first kappa shape index (κ1) is 11.8. The maximum absolute atomic E-state index is 3.50. The van der Waals surface area contributed by atoms with Gasteiger partial charge >= 0.3 is 0 Å². The molecule has 94 valence electrons. The van der Waals surface area contributed by atoms with Crippen molar-refractivity contribution in [2.24, 2.45) is 0 Å². The molecule has 0 aliphatic carbocycles. The third kappa shape index (κ3) is 2.45. The molecule has 2 aromatic carbocycles. The van der Waals surface area contributed by atoms with Crippen molar-refractivity contribution in [2.75, 3.05) is 0 Å². The van der Waals surface area contributed by atoms with Gasteiger partial charge in [0.2, 0.25) is 0 Å². The highest BCUT2D eigenvalue weighted by molar-refractivity contribution is 5.68. The number of hydrogen-bond donors (Lipinski definition) is 1. The van der Waals surface area contributed by atoms with Crippen molar-refractivity contribution >= 4 is 0 Å². The van der Waals surface area contributed by atoms with Crippen LogP contribution in [-0.4, -0.2) is 4.98 Å². The number of rotatable bonds is 2. The van der Waals surface area contributed by atoms with E-state index in [0.717, 1.165) is 0 Å². The van der Waals surface area contributed by atoms with Gasteiger partial charge in [0.05, 0.1) is 0 Å². The van der Waals surface area contributed by atoms with Gasteiger partial charge in [0.25, 0.3) is 0 Å². The number of aromatic amines is 1. The molecule has 0 atom stereocenters. The normalized spacial score (nSPS) is 10.6. The lowest BCUT2D eigenvalue weighted by atomic mass is 10.1. The fraction of sp³-hybridized carbons (Fsp3) is 0.111. The monoisotopic (exact) mass is 247 g/mol. The highest BCUT2D eigenvalue weighted by Gasteiger charge is 2.04. The Kier molecular flexibility index (Phi) is 2.96. The van der Waals surface area contributed by atoms with Gasteiger partial charge in [-0.25, -0.2) is 0 Å². The van der Waals surface area contributed by atoms with Gasteiger partial charge in [0.1, 0.15) is 0 Å². The van der Waals surface area contributed by atoms with Crippen molar-refractivity contribution in [3.63, 3.8) is 0 Å². The van der Waals surface area contributed by atoms with Crippen molar-refractivity contribution < 1.29 is 0 Å². The quantitative estimate of drug-likeness (QED) is 0.658. The van der Waals surface area contributed by atoms with Gasteiger partial charge in [-0.05, 0) is 49.2 Å². The summed E-state index contributed by atoms with van der Waals surface area (Å²) in [6.45, 7) is 4.24. The molecule has 0 amide bonds. The summed E-state index contributed by atoms with van der Waals surface area (Å²) in [7, 11) is 0.